The van der Waals surface area contributed by atoms with E-state index in [0.717, 1.165) is 79.0 Å². The quantitative estimate of drug-likeness (QED) is 0.150. The largest absolute Gasteiger partial charge is 0.557 e. The van der Waals surface area contributed by atoms with Gasteiger partial charge in [-0.25, -0.2) is 0 Å². The molecule has 0 aliphatic carbocycles. The summed E-state index contributed by atoms with van der Waals surface area (Å²) < 4.78 is 8.34. The van der Waals surface area contributed by atoms with Crippen LogP contribution in [-0.4, -0.2) is 14.5 Å². The zero-order chi connectivity index (χ0) is 36.8. The first-order chi connectivity index (χ1) is 27.3. The first kappa shape index (κ1) is 36.3. The number of rotatable bonds is 7. The summed E-state index contributed by atoms with van der Waals surface area (Å²) in [6.45, 7) is 0. The van der Waals surface area contributed by atoms with Crippen molar-refractivity contribution in [3.8, 4) is 50.6 Å². The molecule has 0 saturated carbocycles. The van der Waals surface area contributed by atoms with Gasteiger partial charge in [0.15, 0.2) is 0 Å². The molecule has 4 nitrogen and oxygen atoms in total. The van der Waals surface area contributed by atoms with Crippen LogP contribution in [0.1, 0.15) is 11.1 Å². The van der Waals surface area contributed by atoms with Crippen LogP contribution >= 0.6 is 0 Å². The standard InChI is InChI=1S/C40H27N2O.C11H8N.Ir/c1-4-13-28(14-5-1)25-29-23-24-38-34(26-29)35(27-43-38)40-41-36-21-10-11-22-37(36)42(40)39-32(30-15-6-2-7-16-30)19-12-20-33(39)31-17-8-3-9-18-31;1-2-6-10(7-3-1)11-8-4-5-9-12-11;/h1-24,26H,25H2;1-6,8-9H;/q2*-1;. The van der Waals surface area contributed by atoms with Crippen molar-refractivity contribution in [2.45, 2.75) is 6.42 Å². The van der Waals surface area contributed by atoms with Gasteiger partial charge >= 0.3 is 0 Å². The molecule has 3 aromatic heterocycles. The maximum atomic E-state index is 6.05. The van der Waals surface area contributed by atoms with Gasteiger partial charge in [-0.05, 0) is 47.0 Å². The van der Waals surface area contributed by atoms with Crippen molar-refractivity contribution in [2.75, 3.05) is 0 Å². The van der Waals surface area contributed by atoms with Crippen molar-refractivity contribution in [1.29, 1.82) is 0 Å². The molecule has 7 aromatic carbocycles. The summed E-state index contributed by atoms with van der Waals surface area (Å²) in [4.78, 5) is 9.45. The second-order valence-corrected chi connectivity index (χ2v) is 13.3. The molecule has 10 aromatic rings. The molecule has 1 radical (unpaired) electrons. The van der Waals surface area contributed by atoms with Crippen LogP contribution in [0.5, 0.6) is 0 Å². The molecule has 0 aliphatic rings. The third-order valence-corrected chi connectivity index (χ3v) is 9.69. The van der Waals surface area contributed by atoms with Crippen LogP contribution in [0, 0.1) is 12.3 Å². The number of hydrogen-bond acceptors (Lipinski definition) is 3. The average Bonchev–Trinajstić information content (AvgIpc) is 3.86. The molecule has 0 unspecified atom stereocenters. The normalized spacial score (nSPS) is 10.8. The van der Waals surface area contributed by atoms with Crippen LogP contribution in [0.25, 0.3) is 72.6 Å². The van der Waals surface area contributed by atoms with E-state index in [4.69, 9.17) is 9.40 Å². The molecule has 0 fully saturated rings. The van der Waals surface area contributed by atoms with E-state index in [2.05, 4.69) is 161 Å². The van der Waals surface area contributed by atoms with Crippen molar-refractivity contribution < 1.29 is 24.5 Å². The summed E-state index contributed by atoms with van der Waals surface area (Å²) in [6.07, 6.45) is 5.88. The van der Waals surface area contributed by atoms with Crippen molar-refractivity contribution in [3.05, 3.63) is 224 Å². The molecule has 0 bridgehead atoms. The average molecular weight is 898 g/mol. The van der Waals surface area contributed by atoms with E-state index in [9.17, 15) is 0 Å². The number of aromatic nitrogens is 3. The molecule has 0 N–H and O–H groups in total. The van der Waals surface area contributed by atoms with Gasteiger partial charge in [-0.15, -0.1) is 35.9 Å². The van der Waals surface area contributed by atoms with Crippen molar-refractivity contribution in [1.82, 2.24) is 14.5 Å². The SMILES string of the molecule is [Ir].[c-]1ccccc1-c1ccccn1.[c-]1oc2ccc(Cc3ccccc3)cc2c1-c1nc2ccccc2n1-c1c(-c2ccccc2)cccc1-c1ccccc1. The number of hydrogen-bond donors (Lipinski definition) is 0. The minimum atomic E-state index is 0. The number of nitrogens with zero attached hydrogens (tertiary/aromatic N) is 3. The predicted octanol–water partition coefficient (Wildman–Crippen LogP) is 12.7. The fraction of sp³-hybridized carbons (Fsp3) is 0.0196. The van der Waals surface area contributed by atoms with E-state index >= 15 is 0 Å². The van der Waals surface area contributed by atoms with E-state index in [1.165, 1.54) is 11.1 Å². The fourth-order valence-corrected chi connectivity index (χ4v) is 7.11. The zero-order valence-electron chi connectivity index (χ0n) is 30.3. The van der Waals surface area contributed by atoms with Crippen LogP contribution in [0.15, 0.2) is 205 Å². The van der Waals surface area contributed by atoms with E-state index in [1.807, 2.05) is 54.6 Å². The Balaban J connectivity index is 0.000000290. The van der Waals surface area contributed by atoms with Gasteiger partial charge in [0, 0.05) is 49.3 Å². The third-order valence-electron chi connectivity index (χ3n) is 9.69. The molecule has 3 heterocycles. The molecular weight excluding hydrogens is 863 g/mol. The van der Waals surface area contributed by atoms with Crippen LogP contribution in [0.2, 0.25) is 0 Å². The van der Waals surface area contributed by atoms with Gasteiger partial charge in [0.05, 0.1) is 22.5 Å². The third kappa shape index (κ3) is 7.51. The van der Waals surface area contributed by atoms with E-state index < -0.39 is 0 Å². The minimum Gasteiger partial charge on any atom is -0.557 e. The number of benzene rings is 7. The Morgan fingerprint density at radius 2 is 1.23 bits per heavy atom. The molecule has 0 amide bonds. The minimum absolute atomic E-state index is 0. The summed E-state index contributed by atoms with van der Waals surface area (Å²) in [5, 5.41) is 1.00. The molecule has 5 heteroatoms. The van der Waals surface area contributed by atoms with Gasteiger partial charge in [-0.1, -0.05) is 168 Å². The molecule has 0 saturated heterocycles. The number of fused-ring (bicyclic) bond motifs is 2. The molecule has 10 rings (SSSR count). The van der Waals surface area contributed by atoms with E-state index in [0.29, 0.717) is 0 Å². The van der Waals surface area contributed by atoms with Gasteiger partial charge in [0.1, 0.15) is 0 Å². The van der Waals surface area contributed by atoms with Crippen molar-refractivity contribution in [3.63, 3.8) is 0 Å². The van der Waals surface area contributed by atoms with Gasteiger partial charge in [0.25, 0.3) is 0 Å². The Labute approximate surface area is 340 Å². The Morgan fingerprint density at radius 3 is 1.91 bits per heavy atom. The van der Waals surface area contributed by atoms with Crippen molar-refractivity contribution in [2.24, 2.45) is 0 Å². The fourth-order valence-electron chi connectivity index (χ4n) is 7.11. The first-order valence-corrected chi connectivity index (χ1v) is 18.4. The van der Waals surface area contributed by atoms with E-state index in [-0.39, 0.29) is 20.1 Å². The van der Waals surface area contributed by atoms with Crippen LogP contribution in [-0.2, 0) is 26.5 Å². The number of para-hydroxylation sites is 3. The second-order valence-electron chi connectivity index (χ2n) is 13.3. The summed E-state index contributed by atoms with van der Waals surface area (Å²) in [5.41, 5.74) is 13.7. The molecular formula is C51H35IrN3O-2. The smallest absolute Gasteiger partial charge is 0.0774 e. The number of furan rings is 1. The predicted molar refractivity (Wildman–Crippen MR) is 224 cm³/mol. The molecule has 0 atom stereocenters. The van der Waals surface area contributed by atoms with Crippen LogP contribution < -0.4 is 0 Å². The Hall–Kier alpha value is -6.65. The number of pyridine rings is 1. The summed E-state index contributed by atoms with van der Waals surface area (Å²) in [5.74, 6) is 0.803. The summed E-state index contributed by atoms with van der Waals surface area (Å²) in [6, 6.07) is 69.8. The number of imidazole rings is 1. The topological polar surface area (TPSA) is 43.9 Å². The summed E-state index contributed by atoms with van der Waals surface area (Å²) >= 11 is 0. The Morgan fingerprint density at radius 1 is 0.571 bits per heavy atom. The van der Waals surface area contributed by atoms with Gasteiger partial charge in [-0.3, -0.25) is 4.98 Å². The van der Waals surface area contributed by atoms with Gasteiger partial charge in [-0.2, -0.15) is 0 Å². The van der Waals surface area contributed by atoms with Crippen molar-refractivity contribution >= 4 is 22.0 Å². The molecule has 271 valence electrons. The zero-order valence-corrected chi connectivity index (χ0v) is 32.7. The molecule has 0 aliphatic heterocycles. The summed E-state index contributed by atoms with van der Waals surface area (Å²) in [7, 11) is 0. The molecule has 0 spiro atoms. The van der Waals surface area contributed by atoms with E-state index in [1.54, 1.807) is 6.20 Å². The maximum Gasteiger partial charge on any atom is 0.0774 e. The van der Waals surface area contributed by atoms with Gasteiger partial charge < -0.3 is 14.0 Å². The Bertz CT molecular complexity index is 2720. The first-order valence-electron chi connectivity index (χ1n) is 18.4. The molecule has 56 heavy (non-hydrogen) atoms. The van der Waals surface area contributed by atoms with Gasteiger partial charge in [0.2, 0.25) is 0 Å². The maximum absolute atomic E-state index is 6.05. The van der Waals surface area contributed by atoms with Crippen LogP contribution in [0.4, 0.5) is 0 Å². The Kier molecular flexibility index (Phi) is 10.9. The second kappa shape index (κ2) is 16.8. The monoisotopic (exact) mass is 898 g/mol. The van der Waals surface area contributed by atoms with Crippen LogP contribution in [0.3, 0.4) is 0 Å².